The van der Waals surface area contributed by atoms with Crippen molar-refractivity contribution in [3.05, 3.63) is 16.4 Å². The lowest BCUT2D eigenvalue weighted by atomic mass is 9.96. The van der Waals surface area contributed by atoms with Crippen molar-refractivity contribution in [3.63, 3.8) is 0 Å². The average molecular weight is 306 g/mol. The first-order valence-corrected chi connectivity index (χ1v) is 6.12. The second-order valence-electron chi connectivity index (χ2n) is 4.60. The predicted molar refractivity (Wildman–Crippen MR) is 67.5 cm³/mol. The summed E-state index contributed by atoms with van der Waals surface area (Å²) in [7, 11) is 0. The summed E-state index contributed by atoms with van der Waals surface area (Å²) in [6, 6.07) is 0. The summed E-state index contributed by atoms with van der Waals surface area (Å²) in [5, 5.41) is 11.1. The highest BCUT2D eigenvalue weighted by atomic mass is 19.4. The summed E-state index contributed by atoms with van der Waals surface area (Å²) in [6.45, 7) is 0.0675. The minimum atomic E-state index is -4.24. The van der Waals surface area contributed by atoms with Crippen molar-refractivity contribution < 1.29 is 18.1 Å². The van der Waals surface area contributed by atoms with E-state index in [4.69, 9.17) is 5.84 Å². The van der Waals surface area contributed by atoms with Crippen LogP contribution in [-0.2, 0) is 0 Å². The molecule has 0 aromatic carbocycles. The molecular weight excluding hydrogens is 293 g/mol. The number of nitrogens with zero attached hydrogens (tertiary/aromatic N) is 4. The van der Waals surface area contributed by atoms with Gasteiger partial charge in [0.05, 0.1) is 10.8 Å². The topological polar surface area (TPSA) is 110 Å². The molecule has 0 atom stereocenters. The zero-order chi connectivity index (χ0) is 15.6. The lowest BCUT2D eigenvalue weighted by Crippen LogP contribution is -2.39. The van der Waals surface area contributed by atoms with E-state index in [1.807, 2.05) is 0 Å². The van der Waals surface area contributed by atoms with Gasteiger partial charge in [-0.1, -0.05) is 0 Å². The molecule has 11 heteroatoms. The first-order valence-electron chi connectivity index (χ1n) is 6.12. The van der Waals surface area contributed by atoms with Crippen molar-refractivity contribution in [1.29, 1.82) is 0 Å². The summed E-state index contributed by atoms with van der Waals surface area (Å²) in [6.07, 6.45) is -3.42. The van der Waals surface area contributed by atoms with Crippen LogP contribution in [0.2, 0.25) is 0 Å². The van der Waals surface area contributed by atoms with Crippen LogP contribution in [0.25, 0.3) is 0 Å². The number of hydrogen-bond donors (Lipinski definition) is 2. The minimum Gasteiger partial charge on any atom is -0.351 e. The summed E-state index contributed by atoms with van der Waals surface area (Å²) in [5.74, 6) is 3.56. The van der Waals surface area contributed by atoms with Gasteiger partial charge in [-0.2, -0.15) is 13.2 Å². The smallest absolute Gasteiger partial charge is 0.351 e. The maximum atomic E-state index is 12.6. The maximum Gasteiger partial charge on any atom is 0.391 e. The molecule has 0 radical (unpaired) electrons. The molecule has 0 spiro atoms. The number of halogens is 3. The van der Waals surface area contributed by atoms with Crippen LogP contribution in [0, 0.1) is 16.0 Å². The minimum absolute atomic E-state index is 0.0245. The number of nitrogens with one attached hydrogen (secondary N) is 1. The molecule has 2 rings (SSSR count). The number of aromatic nitrogens is 2. The number of nitrogens with two attached hydrogens (primary N) is 1. The Labute approximate surface area is 117 Å². The van der Waals surface area contributed by atoms with Crippen LogP contribution >= 0.6 is 0 Å². The van der Waals surface area contributed by atoms with Gasteiger partial charge < -0.3 is 10.3 Å². The SMILES string of the molecule is NNc1ncnc(N2CCC(C(F)(F)F)CC2)c1[N+](=O)[O-]. The molecule has 21 heavy (non-hydrogen) atoms. The van der Waals surface area contributed by atoms with E-state index in [0.29, 0.717) is 0 Å². The summed E-state index contributed by atoms with van der Waals surface area (Å²) >= 11 is 0. The standard InChI is InChI=1S/C10H13F3N6O2/c11-10(12,13)6-1-3-18(4-2-6)9-7(19(20)21)8(17-14)15-5-16-9/h5-6H,1-4,14H2,(H,15,16,17). The van der Waals surface area contributed by atoms with Gasteiger partial charge in [-0.25, -0.2) is 15.8 Å². The molecule has 1 aromatic rings. The molecule has 1 saturated heterocycles. The largest absolute Gasteiger partial charge is 0.391 e. The van der Waals surface area contributed by atoms with Crippen molar-refractivity contribution in [2.45, 2.75) is 19.0 Å². The van der Waals surface area contributed by atoms with Gasteiger partial charge in [0.25, 0.3) is 0 Å². The Morgan fingerprint density at radius 2 is 2.00 bits per heavy atom. The first-order chi connectivity index (χ1) is 9.84. The van der Waals surface area contributed by atoms with Gasteiger partial charge in [0, 0.05) is 13.1 Å². The molecule has 3 N–H and O–H groups in total. The van der Waals surface area contributed by atoms with Crippen LogP contribution in [0.5, 0.6) is 0 Å². The molecule has 0 aliphatic carbocycles. The van der Waals surface area contributed by atoms with Crippen LogP contribution in [-0.4, -0.2) is 34.2 Å². The molecule has 1 aromatic heterocycles. The van der Waals surface area contributed by atoms with E-state index >= 15 is 0 Å². The molecule has 8 nitrogen and oxygen atoms in total. The number of hydrogen-bond acceptors (Lipinski definition) is 7. The predicted octanol–water partition coefficient (Wildman–Crippen LogP) is 1.45. The van der Waals surface area contributed by atoms with Gasteiger partial charge >= 0.3 is 11.9 Å². The highest BCUT2D eigenvalue weighted by Crippen LogP contribution is 2.38. The highest BCUT2D eigenvalue weighted by Gasteiger charge is 2.42. The Balaban J connectivity index is 2.23. The summed E-state index contributed by atoms with van der Waals surface area (Å²) < 4.78 is 37.9. The van der Waals surface area contributed by atoms with Crippen LogP contribution in [0.3, 0.4) is 0 Å². The van der Waals surface area contributed by atoms with E-state index in [1.165, 1.54) is 4.90 Å². The molecule has 116 valence electrons. The van der Waals surface area contributed by atoms with E-state index in [9.17, 15) is 23.3 Å². The molecule has 1 aliphatic rings. The first kappa shape index (κ1) is 15.2. The van der Waals surface area contributed by atoms with E-state index in [2.05, 4.69) is 15.4 Å². The molecule has 1 aliphatic heterocycles. The van der Waals surface area contributed by atoms with E-state index in [1.54, 1.807) is 0 Å². The number of piperidine rings is 1. The zero-order valence-electron chi connectivity index (χ0n) is 10.8. The van der Waals surface area contributed by atoms with Crippen LogP contribution in [0.1, 0.15) is 12.8 Å². The summed E-state index contributed by atoms with van der Waals surface area (Å²) in [4.78, 5) is 19.3. The lowest BCUT2D eigenvalue weighted by Gasteiger charge is -2.33. The van der Waals surface area contributed by atoms with Crippen molar-refractivity contribution in [1.82, 2.24) is 9.97 Å². The Morgan fingerprint density at radius 3 is 2.48 bits per heavy atom. The molecule has 0 saturated carbocycles. The number of hydrazine groups is 1. The maximum absolute atomic E-state index is 12.6. The van der Waals surface area contributed by atoms with Gasteiger partial charge in [-0.3, -0.25) is 10.1 Å². The Bertz CT molecular complexity index is 530. The van der Waals surface area contributed by atoms with Crippen molar-refractivity contribution in [2.75, 3.05) is 23.4 Å². The fraction of sp³-hybridized carbons (Fsp3) is 0.600. The summed E-state index contributed by atoms with van der Waals surface area (Å²) in [5.41, 5.74) is 1.65. The molecule has 0 unspecified atom stereocenters. The van der Waals surface area contributed by atoms with Crippen molar-refractivity contribution in [3.8, 4) is 0 Å². The number of rotatable bonds is 3. The third kappa shape index (κ3) is 3.12. The molecular formula is C10H13F3N6O2. The van der Waals surface area contributed by atoms with Crippen molar-refractivity contribution in [2.24, 2.45) is 11.8 Å². The molecule has 0 amide bonds. The second kappa shape index (κ2) is 5.68. The monoisotopic (exact) mass is 306 g/mol. The zero-order valence-corrected chi connectivity index (χ0v) is 10.8. The number of nitro groups is 1. The average Bonchev–Trinajstić information content (AvgIpc) is 2.45. The van der Waals surface area contributed by atoms with Gasteiger partial charge in [0.15, 0.2) is 0 Å². The van der Waals surface area contributed by atoms with E-state index in [-0.39, 0.29) is 37.6 Å². The third-order valence-corrected chi connectivity index (χ3v) is 3.38. The highest BCUT2D eigenvalue weighted by molar-refractivity contribution is 5.69. The van der Waals surface area contributed by atoms with Gasteiger partial charge in [-0.05, 0) is 12.8 Å². The number of anilines is 2. The van der Waals surface area contributed by atoms with Gasteiger partial charge in [0.2, 0.25) is 11.6 Å². The third-order valence-electron chi connectivity index (χ3n) is 3.38. The van der Waals surface area contributed by atoms with Crippen LogP contribution in [0.15, 0.2) is 6.33 Å². The quantitative estimate of drug-likeness (QED) is 0.494. The van der Waals surface area contributed by atoms with Gasteiger partial charge in [0.1, 0.15) is 6.33 Å². The lowest BCUT2D eigenvalue weighted by molar-refractivity contribution is -0.383. The van der Waals surface area contributed by atoms with Crippen molar-refractivity contribution >= 4 is 17.3 Å². The molecule has 2 heterocycles. The van der Waals surface area contributed by atoms with E-state index < -0.39 is 22.7 Å². The Morgan fingerprint density at radius 1 is 1.38 bits per heavy atom. The van der Waals surface area contributed by atoms with Gasteiger partial charge in [-0.15, -0.1) is 0 Å². The fourth-order valence-electron chi connectivity index (χ4n) is 2.29. The number of alkyl halides is 3. The molecule has 1 fully saturated rings. The Hall–Kier alpha value is -2.17. The number of nitrogen functional groups attached to an aromatic ring is 1. The van der Waals surface area contributed by atoms with E-state index in [0.717, 1.165) is 6.33 Å². The fourth-order valence-corrected chi connectivity index (χ4v) is 2.29. The van der Waals surface area contributed by atoms with Crippen LogP contribution in [0.4, 0.5) is 30.5 Å². The Kier molecular flexibility index (Phi) is 4.11. The second-order valence-corrected chi connectivity index (χ2v) is 4.60. The van der Waals surface area contributed by atoms with Crippen LogP contribution < -0.4 is 16.2 Å². The normalized spacial score (nSPS) is 16.9. The molecule has 0 bridgehead atoms.